The van der Waals surface area contributed by atoms with Crippen LogP contribution >= 0.6 is 0 Å². The summed E-state index contributed by atoms with van der Waals surface area (Å²) in [7, 11) is 0. The Balaban J connectivity index is 1.65. The molecular formula is C22H24FN5O6. The van der Waals surface area contributed by atoms with Crippen LogP contribution in [0, 0.1) is 5.92 Å². The molecule has 2 aromatic heterocycles. The van der Waals surface area contributed by atoms with Gasteiger partial charge in [0.05, 0.1) is 12.4 Å². The van der Waals surface area contributed by atoms with Gasteiger partial charge in [0.1, 0.15) is 5.75 Å². The van der Waals surface area contributed by atoms with Crippen LogP contribution in [0.15, 0.2) is 41.5 Å². The molecule has 0 aliphatic carbocycles. The second-order valence-electron chi connectivity index (χ2n) is 8.05. The van der Waals surface area contributed by atoms with Gasteiger partial charge in [-0.05, 0) is 18.6 Å². The van der Waals surface area contributed by atoms with Crippen molar-refractivity contribution < 1.29 is 28.2 Å². The number of H-pyrrole nitrogens is 1. The first-order chi connectivity index (χ1) is 16.3. The molecule has 2 N–H and O–H groups in total. The fourth-order valence-corrected chi connectivity index (χ4v) is 3.52. The number of aromatic amines is 1. The Morgan fingerprint density at radius 2 is 2.03 bits per heavy atom. The van der Waals surface area contributed by atoms with Crippen LogP contribution in [-0.2, 0) is 14.3 Å². The molecule has 0 radical (unpaired) electrons. The number of amides is 1. The summed E-state index contributed by atoms with van der Waals surface area (Å²) in [6.45, 7) is 5.10. The first-order valence-electron chi connectivity index (χ1n) is 10.8. The quantitative estimate of drug-likeness (QED) is 0.412. The monoisotopic (exact) mass is 473 g/mol. The van der Waals surface area contributed by atoms with Gasteiger partial charge in [0.25, 0.3) is 5.56 Å². The van der Waals surface area contributed by atoms with Crippen molar-refractivity contribution >= 4 is 29.2 Å². The lowest BCUT2D eigenvalue weighted by Crippen LogP contribution is -2.34. The summed E-state index contributed by atoms with van der Waals surface area (Å²) in [5, 5.41) is 2.51. The van der Waals surface area contributed by atoms with E-state index in [2.05, 4.69) is 20.3 Å². The fraction of sp³-hybridized carbons (Fsp3) is 0.409. The van der Waals surface area contributed by atoms with E-state index in [4.69, 9.17) is 14.2 Å². The molecule has 1 aliphatic rings. The van der Waals surface area contributed by atoms with Crippen LogP contribution < -0.4 is 15.6 Å². The van der Waals surface area contributed by atoms with Crippen molar-refractivity contribution in [3.05, 3.63) is 47.0 Å². The number of anilines is 1. The van der Waals surface area contributed by atoms with Crippen molar-refractivity contribution in [3.8, 4) is 5.75 Å². The van der Waals surface area contributed by atoms with Crippen LogP contribution in [0.25, 0.3) is 11.2 Å². The Morgan fingerprint density at radius 3 is 2.71 bits per heavy atom. The van der Waals surface area contributed by atoms with E-state index in [1.807, 2.05) is 0 Å². The standard InChI is InChI=1S/C22H24FN5O6/c1-4-13-14(23)16(34-22(31)32-12-8-6-5-7-9-12)20(33-13)28-10-24-15-17(28)25-21(27-19(15)30)26-18(29)11(2)3/h5-11,13-14,16,20H,4H2,1-3H3,(H2,25,26,27,29,30)/t13-,14-,16-,20-/m1/s1. The Kier molecular flexibility index (Phi) is 6.59. The minimum atomic E-state index is -1.67. The van der Waals surface area contributed by atoms with Crippen molar-refractivity contribution in [2.45, 2.75) is 51.8 Å². The van der Waals surface area contributed by atoms with E-state index in [0.717, 1.165) is 0 Å². The highest BCUT2D eigenvalue weighted by Crippen LogP contribution is 2.36. The average molecular weight is 473 g/mol. The first-order valence-corrected chi connectivity index (χ1v) is 10.8. The molecule has 1 amide bonds. The van der Waals surface area contributed by atoms with Gasteiger partial charge in [0.2, 0.25) is 11.9 Å². The van der Waals surface area contributed by atoms with E-state index in [1.54, 1.807) is 51.1 Å². The van der Waals surface area contributed by atoms with Crippen LogP contribution in [0.2, 0.25) is 0 Å². The Morgan fingerprint density at radius 1 is 1.29 bits per heavy atom. The van der Waals surface area contributed by atoms with E-state index < -0.39 is 36.3 Å². The van der Waals surface area contributed by atoms with Gasteiger partial charge in [-0.3, -0.25) is 24.5 Å². The number of halogens is 1. The first kappa shape index (κ1) is 23.4. The molecule has 12 heteroatoms. The summed E-state index contributed by atoms with van der Waals surface area (Å²) in [6.07, 6.45) is -4.66. The third kappa shape index (κ3) is 4.62. The zero-order chi connectivity index (χ0) is 24.4. The molecule has 4 rings (SSSR count). The largest absolute Gasteiger partial charge is 0.514 e. The van der Waals surface area contributed by atoms with Crippen LogP contribution in [-0.4, -0.2) is 50.0 Å². The molecule has 3 heterocycles. The molecule has 1 aromatic carbocycles. The molecule has 3 aromatic rings. The number of rotatable bonds is 6. The molecule has 180 valence electrons. The van der Waals surface area contributed by atoms with E-state index in [0.29, 0.717) is 6.42 Å². The molecular weight excluding hydrogens is 449 g/mol. The van der Waals surface area contributed by atoms with Crippen molar-refractivity contribution in [3.63, 3.8) is 0 Å². The smallest absolute Gasteiger partial charge is 0.423 e. The maximum absolute atomic E-state index is 15.2. The minimum Gasteiger partial charge on any atom is -0.423 e. The lowest BCUT2D eigenvalue weighted by molar-refractivity contribution is -0.118. The number of ether oxygens (including phenoxy) is 3. The maximum atomic E-state index is 15.2. The second kappa shape index (κ2) is 9.59. The van der Waals surface area contributed by atoms with Crippen molar-refractivity contribution in [2.75, 3.05) is 5.32 Å². The molecule has 0 spiro atoms. The van der Waals surface area contributed by atoms with Crippen LogP contribution in [0.3, 0.4) is 0 Å². The molecule has 0 bridgehead atoms. The average Bonchev–Trinajstić information content (AvgIpc) is 3.35. The summed E-state index contributed by atoms with van der Waals surface area (Å²) in [6, 6.07) is 8.20. The topological polar surface area (TPSA) is 137 Å². The fourth-order valence-electron chi connectivity index (χ4n) is 3.52. The lowest BCUT2D eigenvalue weighted by atomic mass is 10.1. The van der Waals surface area contributed by atoms with Crippen LogP contribution in [0.1, 0.15) is 33.4 Å². The third-order valence-electron chi connectivity index (χ3n) is 5.32. The predicted octanol–water partition coefficient (Wildman–Crippen LogP) is 2.94. The molecule has 1 aliphatic heterocycles. The van der Waals surface area contributed by atoms with Gasteiger partial charge in [0, 0.05) is 5.92 Å². The highest BCUT2D eigenvalue weighted by atomic mass is 19.1. The van der Waals surface area contributed by atoms with Gasteiger partial charge in [-0.25, -0.2) is 14.2 Å². The molecule has 11 nitrogen and oxygen atoms in total. The maximum Gasteiger partial charge on any atom is 0.514 e. The molecule has 0 saturated carbocycles. The van der Waals surface area contributed by atoms with E-state index >= 15 is 4.39 Å². The number of carbonyl (C=O) groups is 2. The molecule has 4 atom stereocenters. The number of benzene rings is 1. The molecule has 1 fully saturated rings. The Bertz CT molecular complexity index is 1240. The normalized spacial score (nSPS) is 22.1. The molecule has 34 heavy (non-hydrogen) atoms. The lowest BCUT2D eigenvalue weighted by Gasteiger charge is -2.20. The van der Waals surface area contributed by atoms with Crippen LogP contribution in [0.4, 0.5) is 15.1 Å². The second-order valence-corrected chi connectivity index (χ2v) is 8.05. The van der Waals surface area contributed by atoms with Gasteiger partial charge in [-0.2, -0.15) is 4.98 Å². The highest BCUT2D eigenvalue weighted by Gasteiger charge is 2.49. The minimum absolute atomic E-state index is 0.0294. The SMILES string of the molecule is CC[C@H]1O[C@@H](n2cnc3c(=O)[nH]c(NC(=O)C(C)C)nc32)[C@H](OC(=O)Oc2ccccc2)[C@@H]1F. The van der Waals surface area contributed by atoms with Crippen molar-refractivity contribution in [1.82, 2.24) is 19.5 Å². The Hall–Kier alpha value is -3.80. The number of hydrogen-bond donors (Lipinski definition) is 2. The van der Waals surface area contributed by atoms with E-state index in [9.17, 15) is 14.4 Å². The molecule has 1 saturated heterocycles. The summed E-state index contributed by atoms with van der Waals surface area (Å²) in [5.74, 6) is -0.571. The highest BCUT2D eigenvalue weighted by molar-refractivity contribution is 5.91. The Labute approximate surface area is 193 Å². The number of aromatic nitrogens is 4. The zero-order valence-corrected chi connectivity index (χ0v) is 18.7. The van der Waals surface area contributed by atoms with Crippen molar-refractivity contribution in [1.29, 1.82) is 0 Å². The van der Waals surface area contributed by atoms with E-state index in [1.165, 1.54) is 10.9 Å². The number of hydrogen-bond acceptors (Lipinski definition) is 8. The van der Waals surface area contributed by atoms with Gasteiger partial charge in [-0.1, -0.05) is 39.0 Å². The number of fused-ring (bicyclic) bond motifs is 1. The van der Waals surface area contributed by atoms with Crippen LogP contribution in [0.5, 0.6) is 5.75 Å². The predicted molar refractivity (Wildman–Crippen MR) is 118 cm³/mol. The number of nitrogens with one attached hydrogen (secondary N) is 2. The number of carbonyl (C=O) groups excluding carboxylic acids is 2. The number of alkyl halides is 1. The van der Waals surface area contributed by atoms with Gasteiger partial charge >= 0.3 is 6.16 Å². The number of nitrogens with zero attached hydrogens (tertiary/aromatic N) is 3. The summed E-state index contributed by atoms with van der Waals surface area (Å²) >= 11 is 0. The van der Waals surface area contributed by atoms with Gasteiger partial charge in [-0.15, -0.1) is 0 Å². The van der Waals surface area contributed by atoms with Crippen molar-refractivity contribution in [2.24, 2.45) is 5.92 Å². The summed E-state index contributed by atoms with van der Waals surface area (Å²) in [5.41, 5.74) is -0.625. The van der Waals surface area contributed by atoms with E-state index in [-0.39, 0.29) is 34.7 Å². The number of para-hydroxylation sites is 1. The molecule has 0 unspecified atom stereocenters. The van der Waals surface area contributed by atoms with Gasteiger partial charge in [0.15, 0.2) is 29.7 Å². The summed E-state index contributed by atoms with van der Waals surface area (Å²) < 4.78 is 32.7. The zero-order valence-electron chi connectivity index (χ0n) is 18.7. The van der Waals surface area contributed by atoms with Gasteiger partial charge < -0.3 is 14.2 Å². The number of imidazole rings is 1. The third-order valence-corrected chi connectivity index (χ3v) is 5.32. The summed E-state index contributed by atoms with van der Waals surface area (Å²) in [4.78, 5) is 47.6.